The minimum absolute atomic E-state index is 0.134. The molecule has 1 aliphatic heterocycles. The van der Waals surface area contributed by atoms with Gasteiger partial charge >= 0.3 is 0 Å². The molecule has 0 saturated heterocycles. The Balaban J connectivity index is 1.52. The van der Waals surface area contributed by atoms with Gasteiger partial charge in [-0.05, 0) is 48.7 Å². The quantitative estimate of drug-likeness (QED) is 0.777. The van der Waals surface area contributed by atoms with Crippen LogP contribution in [0.1, 0.15) is 21.5 Å². The highest BCUT2D eigenvalue weighted by Gasteiger charge is 2.20. The Bertz CT molecular complexity index is 918. The Labute approximate surface area is 147 Å². The summed E-state index contributed by atoms with van der Waals surface area (Å²) in [6.45, 7) is 2.88. The second kappa shape index (κ2) is 6.40. The van der Waals surface area contributed by atoms with E-state index in [0.717, 1.165) is 24.2 Å². The van der Waals surface area contributed by atoms with Crippen molar-refractivity contribution in [3.05, 3.63) is 83.6 Å². The van der Waals surface area contributed by atoms with Gasteiger partial charge in [-0.15, -0.1) is 0 Å². The zero-order chi connectivity index (χ0) is 17.2. The molecular formula is C21H19N3O. The van der Waals surface area contributed by atoms with E-state index in [1.54, 1.807) is 0 Å². The molecule has 0 fully saturated rings. The maximum atomic E-state index is 12.4. The molecule has 0 unspecified atom stereocenters. The van der Waals surface area contributed by atoms with Gasteiger partial charge in [0.2, 0.25) is 0 Å². The number of fused-ring (bicyclic) bond motifs is 1. The third-order valence-electron chi connectivity index (χ3n) is 4.58. The number of aryl methyl sites for hydroxylation is 1. The maximum absolute atomic E-state index is 12.4. The van der Waals surface area contributed by atoms with Gasteiger partial charge in [0.15, 0.2) is 0 Å². The lowest BCUT2D eigenvalue weighted by atomic mass is 10.1. The number of hydrogen-bond donors (Lipinski definition) is 1. The highest BCUT2D eigenvalue weighted by Crippen LogP contribution is 2.34. The Hall–Kier alpha value is -3.14. The fraction of sp³-hybridized carbons (Fsp3) is 0.143. The van der Waals surface area contributed by atoms with Crippen LogP contribution in [0, 0.1) is 6.92 Å². The van der Waals surface area contributed by atoms with Crippen molar-refractivity contribution in [3.63, 3.8) is 0 Å². The topological polar surface area (TPSA) is 45.2 Å². The van der Waals surface area contributed by atoms with Crippen molar-refractivity contribution in [2.24, 2.45) is 0 Å². The minimum Gasteiger partial charge on any atom is -0.340 e. The molecule has 1 amide bonds. The highest BCUT2D eigenvalue weighted by molar-refractivity contribution is 6.04. The van der Waals surface area contributed by atoms with Gasteiger partial charge in [-0.25, -0.2) is 4.98 Å². The average Bonchev–Trinajstić information content (AvgIpc) is 3.07. The number of pyridine rings is 1. The van der Waals surface area contributed by atoms with E-state index in [1.807, 2.05) is 49.5 Å². The van der Waals surface area contributed by atoms with Gasteiger partial charge in [-0.3, -0.25) is 4.79 Å². The summed E-state index contributed by atoms with van der Waals surface area (Å²) in [7, 11) is 0. The molecule has 1 N–H and O–H groups in total. The third kappa shape index (κ3) is 2.98. The van der Waals surface area contributed by atoms with E-state index < -0.39 is 0 Å². The normalized spacial score (nSPS) is 12.8. The first kappa shape index (κ1) is 15.4. The van der Waals surface area contributed by atoms with E-state index in [1.165, 1.54) is 11.3 Å². The van der Waals surface area contributed by atoms with Crippen molar-refractivity contribution in [2.45, 2.75) is 13.3 Å². The number of nitrogens with one attached hydrogen (secondary N) is 1. The first-order valence-corrected chi connectivity index (χ1v) is 8.41. The van der Waals surface area contributed by atoms with Gasteiger partial charge in [0, 0.05) is 17.8 Å². The third-order valence-corrected chi connectivity index (χ3v) is 4.58. The fourth-order valence-corrected chi connectivity index (χ4v) is 3.24. The lowest BCUT2D eigenvalue weighted by molar-refractivity contribution is 0.102. The van der Waals surface area contributed by atoms with Crippen LogP contribution in [0.2, 0.25) is 0 Å². The number of carbonyl (C=O) groups excluding carboxylic acids is 1. The van der Waals surface area contributed by atoms with Crippen LogP contribution in [0.5, 0.6) is 0 Å². The molecule has 2 aromatic carbocycles. The van der Waals surface area contributed by atoms with Crippen LogP contribution in [-0.4, -0.2) is 17.4 Å². The van der Waals surface area contributed by atoms with Crippen molar-refractivity contribution < 1.29 is 4.79 Å². The predicted molar refractivity (Wildman–Crippen MR) is 101 cm³/mol. The molecule has 0 radical (unpaired) electrons. The van der Waals surface area contributed by atoms with Gasteiger partial charge in [-0.1, -0.05) is 36.4 Å². The largest absolute Gasteiger partial charge is 0.340 e. The van der Waals surface area contributed by atoms with E-state index >= 15 is 0 Å². The van der Waals surface area contributed by atoms with Crippen LogP contribution in [0.25, 0.3) is 0 Å². The molecular weight excluding hydrogens is 310 g/mol. The smallest absolute Gasteiger partial charge is 0.257 e. The van der Waals surface area contributed by atoms with Crippen LogP contribution >= 0.6 is 0 Å². The first-order valence-electron chi connectivity index (χ1n) is 8.41. The number of anilines is 3. The van der Waals surface area contributed by atoms with Crippen molar-refractivity contribution in [2.75, 3.05) is 16.8 Å². The molecule has 0 aliphatic carbocycles. The van der Waals surface area contributed by atoms with Crippen molar-refractivity contribution in [1.29, 1.82) is 0 Å². The molecule has 124 valence electrons. The number of carbonyl (C=O) groups is 1. The lowest BCUT2D eigenvalue weighted by Crippen LogP contribution is -2.16. The van der Waals surface area contributed by atoms with Crippen LogP contribution in [0.4, 0.5) is 17.2 Å². The van der Waals surface area contributed by atoms with E-state index in [-0.39, 0.29) is 5.91 Å². The summed E-state index contributed by atoms with van der Waals surface area (Å²) in [4.78, 5) is 19.1. The number of para-hydroxylation sites is 1. The van der Waals surface area contributed by atoms with E-state index in [0.29, 0.717) is 11.4 Å². The van der Waals surface area contributed by atoms with E-state index in [9.17, 15) is 4.79 Å². The number of rotatable bonds is 3. The number of aromatic nitrogens is 1. The molecule has 0 bridgehead atoms. The summed E-state index contributed by atoms with van der Waals surface area (Å²) in [6.07, 6.45) is 2.86. The molecule has 0 saturated carbocycles. The Kier molecular flexibility index (Phi) is 3.94. The molecule has 4 nitrogen and oxygen atoms in total. The standard InChI is InChI=1S/C21H19N3O/c1-15-6-2-4-8-18(15)21(25)23-20-11-10-17(14-22-20)24-13-12-16-7-3-5-9-19(16)24/h2-11,14H,12-13H2,1H3,(H,22,23,25). The number of benzene rings is 2. The van der Waals surface area contributed by atoms with Crippen molar-refractivity contribution in [3.8, 4) is 0 Å². The van der Waals surface area contributed by atoms with Crippen LogP contribution < -0.4 is 10.2 Å². The second-order valence-corrected chi connectivity index (χ2v) is 6.20. The summed E-state index contributed by atoms with van der Waals surface area (Å²) in [6, 6.07) is 19.8. The molecule has 0 atom stereocenters. The summed E-state index contributed by atoms with van der Waals surface area (Å²) >= 11 is 0. The van der Waals surface area contributed by atoms with Crippen LogP contribution in [-0.2, 0) is 6.42 Å². The number of amides is 1. The van der Waals surface area contributed by atoms with Crippen molar-refractivity contribution >= 4 is 23.1 Å². The molecule has 2 heterocycles. The Morgan fingerprint density at radius 1 is 1.04 bits per heavy atom. The molecule has 1 aliphatic rings. The van der Waals surface area contributed by atoms with Gasteiger partial charge in [0.1, 0.15) is 5.82 Å². The summed E-state index contributed by atoms with van der Waals surface area (Å²) in [5.41, 5.74) is 5.26. The predicted octanol–water partition coefficient (Wildman–Crippen LogP) is 4.34. The molecule has 1 aromatic heterocycles. The second-order valence-electron chi connectivity index (χ2n) is 6.20. The molecule has 25 heavy (non-hydrogen) atoms. The summed E-state index contributed by atoms with van der Waals surface area (Å²) < 4.78 is 0. The maximum Gasteiger partial charge on any atom is 0.257 e. The summed E-state index contributed by atoms with van der Waals surface area (Å²) in [5, 5.41) is 2.87. The minimum atomic E-state index is -0.134. The lowest BCUT2D eigenvalue weighted by Gasteiger charge is -2.19. The van der Waals surface area contributed by atoms with Gasteiger partial charge in [0.05, 0.1) is 11.9 Å². The molecule has 4 heteroatoms. The van der Waals surface area contributed by atoms with Gasteiger partial charge < -0.3 is 10.2 Å². The summed E-state index contributed by atoms with van der Waals surface area (Å²) in [5.74, 6) is 0.425. The van der Waals surface area contributed by atoms with E-state index in [4.69, 9.17) is 0 Å². The molecule has 3 aromatic rings. The molecule has 4 rings (SSSR count). The van der Waals surface area contributed by atoms with Gasteiger partial charge in [-0.2, -0.15) is 0 Å². The monoisotopic (exact) mass is 329 g/mol. The first-order chi connectivity index (χ1) is 12.2. The Morgan fingerprint density at radius 3 is 2.64 bits per heavy atom. The number of hydrogen-bond acceptors (Lipinski definition) is 3. The molecule has 0 spiro atoms. The highest BCUT2D eigenvalue weighted by atomic mass is 16.1. The average molecular weight is 329 g/mol. The Morgan fingerprint density at radius 2 is 1.84 bits per heavy atom. The van der Waals surface area contributed by atoms with Crippen molar-refractivity contribution in [1.82, 2.24) is 4.98 Å². The van der Waals surface area contributed by atoms with Crippen LogP contribution in [0.3, 0.4) is 0 Å². The zero-order valence-electron chi connectivity index (χ0n) is 14.1. The SMILES string of the molecule is Cc1ccccc1C(=O)Nc1ccc(N2CCc3ccccc32)cn1. The number of nitrogens with zero attached hydrogens (tertiary/aromatic N) is 2. The fourth-order valence-electron chi connectivity index (χ4n) is 3.24. The van der Waals surface area contributed by atoms with Gasteiger partial charge in [0.25, 0.3) is 5.91 Å². The zero-order valence-corrected chi connectivity index (χ0v) is 14.1. The van der Waals surface area contributed by atoms with E-state index in [2.05, 4.69) is 39.5 Å². The van der Waals surface area contributed by atoms with Crippen LogP contribution in [0.15, 0.2) is 66.9 Å².